The molecule has 0 atom stereocenters. The van der Waals surface area contributed by atoms with Crippen LogP contribution in [-0.4, -0.2) is 19.9 Å². The van der Waals surface area contributed by atoms with Gasteiger partial charge in [-0.2, -0.15) is 0 Å². The summed E-state index contributed by atoms with van der Waals surface area (Å²) in [6.07, 6.45) is 0. The van der Waals surface area contributed by atoms with Gasteiger partial charge < -0.3 is 23.4 Å². The smallest absolute Gasteiger partial charge is 0.351 e. The molecule has 0 aliphatic carbocycles. The number of fused-ring (bicyclic) bond motifs is 2. The van der Waals surface area contributed by atoms with Crippen LogP contribution in [0, 0.1) is 0 Å². The van der Waals surface area contributed by atoms with Crippen molar-refractivity contribution < 1.29 is 28.2 Å². The van der Waals surface area contributed by atoms with Crippen LogP contribution in [0.15, 0.2) is 45.6 Å². The maximum Gasteiger partial charge on any atom is 0.351 e. The number of para-hydroxylation sites is 1. The summed E-state index contributed by atoms with van der Waals surface area (Å²) in [5.41, 5.74) is -0.142. The van der Waals surface area contributed by atoms with E-state index in [0.717, 1.165) is 0 Å². The van der Waals surface area contributed by atoms with Crippen LogP contribution in [0.25, 0.3) is 11.0 Å². The van der Waals surface area contributed by atoms with Crippen molar-refractivity contribution in [2.75, 3.05) is 13.9 Å². The molecule has 0 amide bonds. The summed E-state index contributed by atoms with van der Waals surface area (Å²) < 4.78 is 26.1. The zero-order valence-electron chi connectivity index (χ0n) is 14.1. The number of benzene rings is 2. The van der Waals surface area contributed by atoms with Gasteiger partial charge in [0.05, 0.1) is 12.1 Å². The Hall–Kier alpha value is -3.19. The van der Waals surface area contributed by atoms with E-state index in [2.05, 4.69) is 0 Å². The minimum atomic E-state index is -0.805. The van der Waals surface area contributed by atoms with Gasteiger partial charge in [-0.25, -0.2) is 9.59 Å². The fraction of sp³-hybridized carbons (Fsp3) is 0.158. The average molecular weight is 389 g/mol. The van der Waals surface area contributed by atoms with E-state index in [-0.39, 0.29) is 24.5 Å². The number of esters is 1. The third kappa shape index (κ3) is 3.17. The lowest BCUT2D eigenvalue weighted by molar-refractivity contribution is 0.0467. The zero-order valence-corrected chi connectivity index (χ0v) is 14.9. The van der Waals surface area contributed by atoms with Gasteiger partial charge in [0, 0.05) is 5.39 Å². The van der Waals surface area contributed by atoms with Crippen LogP contribution < -0.4 is 19.8 Å². The Kier molecular flexibility index (Phi) is 4.37. The van der Waals surface area contributed by atoms with Crippen molar-refractivity contribution in [1.82, 2.24) is 0 Å². The maximum atomic E-state index is 12.4. The van der Waals surface area contributed by atoms with Crippen LogP contribution >= 0.6 is 11.6 Å². The summed E-state index contributed by atoms with van der Waals surface area (Å²) in [5, 5.41) is 0.903. The fourth-order valence-electron chi connectivity index (χ4n) is 2.75. The molecule has 7 nitrogen and oxygen atoms in total. The number of hydrogen-bond donors (Lipinski definition) is 0. The summed E-state index contributed by atoms with van der Waals surface area (Å²) in [5.74, 6) is 0.531. The van der Waals surface area contributed by atoms with Crippen molar-refractivity contribution in [2.45, 2.75) is 6.61 Å². The monoisotopic (exact) mass is 388 g/mol. The maximum absolute atomic E-state index is 12.4. The molecule has 2 heterocycles. The highest BCUT2D eigenvalue weighted by Gasteiger charge is 2.20. The molecule has 2 aromatic carbocycles. The first-order valence-electron chi connectivity index (χ1n) is 7.93. The molecular formula is C19H13ClO7. The van der Waals surface area contributed by atoms with Gasteiger partial charge in [-0.3, -0.25) is 0 Å². The van der Waals surface area contributed by atoms with E-state index in [1.807, 2.05) is 0 Å². The number of carbonyl (C=O) groups excluding carboxylic acids is 1. The van der Waals surface area contributed by atoms with Gasteiger partial charge in [-0.15, -0.1) is 0 Å². The first-order chi connectivity index (χ1) is 13.1. The molecule has 27 heavy (non-hydrogen) atoms. The Morgan fingerprint density at radius 1 is 1.22 bits per heavy atom. The molecule has 0 radical (unpaired) electrons. The lowest BCUT2D eigenvalue weighted by atomic mass is 10.1. The molecule has 1 aliphatic rings. The highest BCUT2D eigenvalue weighted by Crippen LogP contribution is 2.40. The van der Waals surface area contributed by atoms with Crippen molar-refractivity contribution in [3.8, 4) is 17.2 Å². The highest BCUT2D eigenvalue weighted by molar-refractivity contribution is 6.32. The summed E-state index contributed by atoms with van der Waals surface area (Å²) in [4.78, 5) is 24.5. The molecule has 4 rings (SSSR count). The minimum Gasteiger partial charge on any atom is -0.493 e. The second-order valence-corrected chi connectivity index (χ2v) is 6.12. The SMILES string of the molecule is COc1cccc2cc(C(=O)OCc3cc(Cl)c4c(c3)OCO4)c(=O)oc12. The quantitative estimate of drug-likeness (QED) is 0.499. The highest BCUT2D eigenvalue weighted by atomic mass is 35.5. The van der Waals surface area contributed by atoms with Crippen LogP contribution in [0.4, 0.5) is 0 Å². The lowest BCUT2D eigenvalue weighted by Crippen LogP contribution is -2.16. The first kappa shape index (κ1) is 17.2. The Morgan fingerprint density at radius 3 is 2.89 bits per heavy atom. The molecule has 1 aromatic heterocycles. The zero-order chi connectivity index (χ0) is 19.0. The van der Waals surface area contributed by atoms with E-state index < -0.39 is 11.6 Å². The molecular weight excluding hydrogens is 376 g/mol. The number of carbonyl (C=O) groups is 1. The number of methoxy groups -OCH3 is 1. The Balaban J connectivity index is 1.58. The number of rotatable bonds is 4. The predicted molar refractivity (Wildman–Crippen MR) is 95.7 cm³/mol. The van der Waals surface area contributed by atoms with Gasteiger partial charge in [-0.05, 0) is 29.8 Å². The summed E-state index contributed by atoms with van der Waals surface area (Å²) in [7, 11) is 1.47. The topological polar surface area (TPSA) is 84.2 Å². The second kappa shape index (κ2) is 6.85. The largest absolute Gasteiger partial charge is 0.493 e. The normalized spacial score (nSPS) is 12.2. The molecule has 3 aromatic rings. The van der Waals surface area contributed by atoms with E-state index in [4.69, 9.17) is 35.0 Å². The second-order valence-electron chi connectivity index (χ2n) is 5.71. The first-order valence-corrected chi connectivity index (χ1v) is 8.30. The third-order valence-corrected chi connectivity index (χ3v) is 4.30. The van der Waals surface area contributed by atoms with E-state index in [9.17, 15) is 9.59 Å². The van der Waals surface area contributed by atoms with Crippen molar-refractivity contribution in [3.05, 3.63) is 63.0 Å². The van der Waals surface area contributed by atoms with Crippen LogP contribution in [-0.2, 0) is 11.3 Å². The summed E-state index contributed by atoms with van der Waals surface area (Å²) >= 11 is 6.10. The molecule has 0 N–H and O–H groups in total. The van der Waals surface area contributed by atoms with Crippen molar-refractivity contribution in [1.29, 1.82) is 0 Å². The van der Waals surface area contributed by atoms with E-state index in [0.29, 0.717) is 33.2 Å². The Bertz CT molecular complexity index is 1100. The number of halogens is 1. The molecule has 1 aliphatic heterocycles. The standard InChI is InChI=1S/C19H13ClO7/c1-23-14-4-2-3-11-7-12(19(22)27-16(11)14)18(21)24-8-10-5-13(20)17-15(6-10)25-9-26-17/h2-7H,8-9H2,1H3. The van der Waals surface area contributed by atoms with Crippen molar-refractivity contribution in [2.24, 2.45) is 0 Å². The van der Waals surface area contributed by atoms with E-state index in [1.54, 1.807) is 30.3 Å². The van der Waals surface area contributed by atoms with Crippen molar-refractivity contribution >= 4 is 28.5 Å². The molecule has 138 valence electrons. The minimum absolute atomic E-state index is 0.0832. The summed E-state index contributed by atoms with van der Waals surface area (Å²) in [6.45, 7) is -0.00925. The van der Waals surface area contributed by atoms with Crippen molar-refractivity contribution in [3.63, 3.8) is 0 Å². The molecule has 0 bridgehead atoms. The predicted octanol–water partition coefficient (Wildman–Crippen LogP) is 3.54. The fourth-order valence-corrected chi connectivity index (χ4v) is 3.04. The Labute approximate surface area is 158 Å². The Morgan fingerprint density at radius 2 is 2.07 bits per heavy atom. The molecule has 0 saturated carbocycles. The van der Waals surface area contributed by atoms with Crippen LogP contribution in [0.3, 0.4) is 0 Å². The van der Waals surface area contributed by atoms with Crippen LogP contribution in [0.2, 0.25) is 5.02 Å². The van der Waals surface area contributed by atoms with Gasteiger partial charge in [0.2, 0.25) is 6.79 Å². The molecule has 0 unspecified atom stereocenters. The molecule has 0 saturated heterocycles. The lowest BCUT2D eigenvalue weighted by Gasteiger charge is -2.08. The molecule has 0 spiro atoms. The van der Waals surface area contributed by atoms with Gasteiger partial charge in [0.1, 0.15) is 12.2 Å². The van der Waals surface area contributed by atoms with Gasteiger partial charge in [-0.1, -0.05) is 23.7 Å². The van der Waals surface area contributed by atoms with Crippen LogP contribution in [0.1, 0.15) is 15.9 Å². The van der Waals surface area contributed by atoms with Crippen LogP contribution in [0.5, 0.6) is 17.2 Å². The number of ether oxygens (including phenoxy) is 4. The third-order valence-electron chi connectivity index (χ3n) is 4.02. The summed E-state index contributed by atoms with van der Waals surface area (Å²) in [6, 6.07) is 9.77. The molecule has 0 fully saturated rings. The van der Waals surface area contributed by atoms with E-state index in [1.165, 1.54) is 13.2 Å². The van der Waals surface area contributed by atoms with E-state index >= 15 is 0 Å². The van der Waals surface area contributed by atoms with Gasteiger partial charge in [0.25, 0.3) is 0 Å². The number of hydrogen-bond acceptors (Lipinski definition) is 7. The van der Waals surface area contributed by atoms with Gasteiger partial charge >= 0.3 is 11.6 Å². The van der Waals surface area contributed by atoms with Gasteiger partial charge in [0.15, 0.2) is 22.8 Å². The molecule has 8 heteroatoms. The average Bonchev–Trinajstić information content (AvgIpc) is 3.14.